The molecule has 27 heavy (non-hydrogen) atoms. The van der Waals surface area contributed by atoms with Gasteiger partial charge in [-0.1, -0.05) is 36.4 Å². The molecule has 1 aliphatic heterocycles. The average molecular weight is 366 g/mol. The molecule has 0 aliphatic carbocycles. The van der Waals surface area contributed by atoms with Gasteiger partial charge in [-0.3, -0.25) is 4.79 Å². The molecule has 2 heterocycles. The van der Waals surface area contributed by atoms with E-state index in [0.29, 0.717) is 19.8 Å². The number of anilines is 1. The molecule has 6 heteroatoms. The molecule has 1 aliphatic rings. The Morgan fingerprint density at radius 2 is 2.00 bits per heavy atom. The van der Waals surface area contributed by atoms with Crippen LogP contribution in [0, 0.1) is 5.92 Å². The van der Waals surface area contributed by atoms with Gasteiger partial charge in [0.15, 0.2) is 0 Å². The van der Waals surface area contributed by atoms with Gasteiger partial charge in [0, 0.05) is 30.5 Å². The summed E-state index contributed by atoms with van der Waals surface area (Å²) in [5.74, 6) is -0.0482. The number of carbonyl (C=O) groups is 1. The van der Waals surface area contributed by atoms with Crippen molar-refractivity contribution in [2.45, 2.75) is 12.5 Å². The van der Waals surface area contributed by atoms with Crippen LogP contribution in [-0.2, 0) is 16.1 Å². The van der Waals surface area contributed by atoms with Crippen molar-refractivity contribution in [2.24, 2.45) is 5.92 Å². The topological polar surface area (TPSA) is 83.6 Å². The standard InChI is InChI=1S/C21H22N2O4/c1-26-12-15-14(21(24)25)10-22-20-18(15)19-16(23-20)8-5-9-17(19)27-11-13-6-3-2-4-7-13/h2-9,14-15,22-23H,10-12H2,1H3,(H,24,25). The van der Waals surface area contributed by atoms with Crippen LogP contribution in [0.5, 0.6) is 5.75 Å². The monoisotopic (exact) mass is 366 g/mol. The first-order chi connectivity index (χ1) is 13.2. The van der Waals surface area contributed by atoms with Crippen molar-refractivity contribution >= 4 is 22.7 Å². The normalized spacial score (nSPS) is 18.7. The molecule has 0 spiro atoms. The number of methoxy groups -OCH3 is 1. The SMILES string of the molecule is COCC1c2c([nH]c3cccc(OCc4ccccc4)c23)NCC1C(=O)O. The second-order valence-corrected chi connectivity index (χ2v) is 6.75. The summed E-state index contributed by atoms with van der Waals surface area (Å²) in [7, 11) is 1.60. The molecule has 0 radical (unpaired) electrons. The Kier molecular flexibility index (Phi) is 4.73. The number of aromatic amines is 1. The van der Waals surface area contributed by atoms with E-state index in [-0.39, 0.29) is 5.92 Å². The maximum absolute atomic E-state index is 11.8. The number of hydrogen-bond acceptors (Lipinski definition) is 4. The van der Waals surface area contributed by atoms with E-state index in [0.717, 1.165) is 33.6 Å². The molecule has 140 valence electrons. The van der Waals surface area contributed by atoms with Gasteiger partial charge in [0.2, 0.25) is 0 Å². The molecule has 3 aromatic rings. The van der Waals surface area contributed by atoms with E-state index in [4.69, 9.17) is 9.47 Å². The summed E-state index contributed by atoms with van der Waals surface area (Å²) in [4.78, 5) is 15.1. The molecule has 0 fully saturated rings. The van der Waals surface area contributed by atoms with Crippen molar-refractivity contribution in [3.8, 4) is 5.75 Å². The fraction of sp³-hybridized carbons (Fsp3) is 0.286. The molecule has 2 atom stereocenters. The number of aromatic nitrogens is 1. The Morgan fingerprint density at radius 1 is 1.19 bits per heavy atom. The Morgan fingerprint density at radius 3 is 2.74 bits per heavy atom. The van der Waals surface area contributed by atoms with E-state index in [2.05, 4.69) is 10.3 Å². The van der Waals surface area contributed by atoms with E-state index in [1.807, 2.05) is 48.5 Å². The number of aliphatic carboxylic acids is 1. The van der Waals surface area contributed by atoms with Crippen molar-refractivity contribution in [1.29, 1.82) is 0 Å². The maximum atomic E-state index is 11.8. The van der Waals surface area contributed by atoms with Gasteiger partial charge < -0.3 is 24.9 Å². The van der Waals surface area contributed by atoms with E-state index in [1.165, 1.54) is 0 Å². The number of carboxylic acid groups (broad SMARTS) is 1. The molecule has 0 bridgehead atoms. The van der Waals surface area contributed by atoms with Gasteiger partial charge >= 0.3 is 5.97 Å². The molecular formula is C21H22N2O4. The van der Waals surface area contributed by atoms with Crippen molar-refractivity contribution in [1.82, 2.24) is 4.98 Å². The largest absolute Gasteiger partial charge is 0.488 e. The minimum absolute atomic E-state index is 0.251. The highest BCUT2D eigenvalue weighted by Crippen LogP contribution is 2.44. The van der Waals surface area contributed by atoms with Crippen molar-refractivity contribution in [3.63, 3.8) is 0 Å². The summed E-state index contributed by atoms with van der Waals surface area (Å²) in [5.41, 5.74) is 2.92. The molecule has 0 amide bonds. The first-order valence-corrected chi connectivity index (χ1v) is 8.96. The third-order valence-corrected chi connectivity index (χ3v) is 5.08. The minimum Gasteiger partial charge on any atom is -0.488 e. The highest BCUT2D eigenvalue weighted by Gasteiger charge is 2.37. The third-order valence-electron chi connectivity index (χ3n) is 5.08. The van der Waals surface area contributed by atoms with Crippen molar-refractivity contribution in [3.05, 3.63) is 59.7 Å². The molecule has 4 rings (SSSR count). The number of ether oxygens (including phenoxy) is 2. The van der Waals surface area contributed by atoms with Gasteiger partial charge in [-0.25, -0.2) is 0 Å². The zero-order valence-corrected chi connectivity index (χ0v) is 15.1. The quantitative estimate of drug-likeness (QED) is 0.621. The fourth-order valence-electron chi connectivity index (χ4n) is 3.80. The molecule has 1 aromatic heterocycles. The van der Waals surface area contributed by atoms with Crippen LogP contribution in [0.1, 0.15) is 17.0 Å². The summed E-state index contributed by atoms with van der Waals surface area (Å²) in [5, 5.41) is 13.8. The molecule has 2 unspecified atom stereocenters. The lowest BCUT2D eigenvalue weighted by Crippen LogP contribution is -2.35. The van der Waals surface area contributed by atoms with E-state index in [9.17, 15) is 9.90 Å². The van der Waals surface area contributed by atoms with Crippen LogP contribution in [0.15, 0.2) is 48.5 Å². The Balaban J connectivity index is 1.76. The Bertz CT molecular complexity index is 951. The zero-order chi connectivity index (χ0) is 18.8. The lowest BCUT2D eigenvalue weighted by molar-refractivity contribution is -0.142. The van der Waals surface area contributed by atoms with Gasteiger partial charge in [0.25, 0.3) is 0 Å². The minimum atomic E-state index is -0.827. The van der Waals surface area contributed by atoms with Crippen LogP contribution in [0.3, 0.4) is 0 Å². The molecule has 6 nitrogen and oxygen atoms in total. The smallest absolute Gasteiger partial charge is 0.309 e. The lowest BCUT2D eigenvalue weighted by atomic mass is 9.83. The second kappa shape index (κ2) is 7.32. The van der Waals surface area contributed by atoms with Crippen LogP contribution in [-0.4, -0.2) is 36.3 Å². The molecule has 3 N–H and O–H groups in total. The highest BCUT2D eigenvalue weighted by molar-refractivity contribution is 5.96. The average Bonchev–Trinajstić information content (AvgIpc) is 3.07. The van der Waals surface area contributed by atoms with E-state index in [1.54, 1.807) is 7.11 Å². The van der Waals surface area contributed by atoms with Gasteiger partial charge in [0.05, 0.1) is 18.0 Å². The van der Waals surface area contributed by atoms with Gasteiger partial charge in [-0.15, -0.1) is 0 Å². The predicted octanol–water partition coefficient (Wildman–Crippen LogP) is 3.60. The van der Waals surface area contributed by atoms with E-state index < -0.39 is 11.9 Å². The number of rotatable bonds is 6. The summed E-state index contributed by atoms with van der Waals surface area (Å²) >= 11 is 0. The Hall–Kier alpha value is -2.99. The number of nitrogens with one attached hydrogen (secondary N) is 2. The van der Waals surface area contributed by atoms with Gasteiger partial charge in [-0.2, -0.15) is 0 Å². The van der Waals surface area contributed by atoms with Crippen LogP contribution < -0.4 is 10.1 Å². The summed E-state index contributed by atoms with van der Waals surface area (Å²) in [6, 6.07) is 15.8. The molecule has 2 aromatic carbocycles. The lowest BCUT2D eigenvalue weighted by Gasteiger charge is -2.30. The summed E-state index contributed by atoms with van der Waals surface area (Å²) < 4.78 is 11.5. The Labute approximate surface area is 157 Å². The summed E-state index contributed by atoms with van der Waals surface area (Å²) in [6.45, 7) is 1.15. The van der Waals surface area contributed by atoms with Crippen LogP contribution in [0.2, 0.25) is 0 Å². The zero-order valence-electron chi connectivity index (χ0n) is 15.1. The third kappa shape index (κ3) is 3.24. The number of fused-ring (bicyclic) bond motifs is 3. The van der Waals surface area contributed by atoms with Crippen molar-refractivity contribution in [2.75, 3.05) is 25.6 Å². The first-order valence-electron chi connectivity index (χ1n) is 8.96. The molecular weight excluding hydrogens is 344 g/mol. The highest BCUT2D eigenvalue weighted by atomic mass is 16.5. The summed E-state index contributed by atoms with van der Waals surface area (Å²) in [6.07, 6.45) is 0. The predicted molar refractivity (Wildman–Crippen MR) is 103 cm³/mol. The van der Waals surface area contributed by atoms with E-state index >= 15 is 0 Å². The second-order valence-electron chi connectivity index (χ2n) is 6.75. The van der Waals surface area contributed by atoms with Crippen LogP contribution in [0.25, 0.3) is 10.9 Å². The van der Waals surface area contributed by atoms with Crippen LogP contribution >= 0.6 is 0 Å². The van der Waals surface area contributed by atoms with Gasteiger partial charge in [-0.05, 0) is 17.7 Å². The van der Waals surface area contributed by atoms with Crippen molar-refractivity contribution < 1.29 is 19.4 Å². The maximum Gasteiger partial charge on any atom is 0.309 e. The number of hydrogen-bond donors (Lipinski definition) is 3. The molecule has 0 saturated carbocycles. The van der Waals surface area contributed by atoms with Gasteiger partial charge in [0.1, 0.15) is 18.2 Å². The number of H-pyrrole nitrogens is 1. The number of benzene rings is 2. The van der Waals surface area contributed by atoms with Crippen LogP contribution in [0.4, 0.5) is 5.82 Å². The number of carboxylic acids is 1. The fourth-order valence-corrected chi connectivity index (χ4v) is 3.80. The molecule has 0 saturated heterocycles. The first kappa shape index (κ1) is 17.4.